The summed E-state index contributed by atoms with van der Waals surface area (Å²) in [6.07, 6.45) is 2.23. The number of unbranched alkanes of at least 4 members (excludes halogenated alkanes) is 1. The molecule has 6 nitrogen and oxygen atoms in total. The lowest BCUT2D eigenvalue weighted by atomic mass is 10.0. The third-order valence-corrected chi connectivity index (χ3v) is 2.45. The van der Waals surface area contributed by atoms with Crippen LogP contribution in [0.1, 0.15) is 26.2 Å². The molecule has 6 heteroatoms. The van der Waals surface area contributed by atoms with Crippen LogP contribution in [-0.2, 0) is 14.3 Å². The highest BCUT2D eigenvalue weighted by molar-refractivity contribution is 5.79. The van der Waals surface area contributed by atoms with Crippen molar-refractivity contribution in [2.45, 2.75) is 26.2 Å². The topological polar surface area (TPSA) is 82.9 Å². The van der Waals surface area contributed by atoms with Crippen LogP contribution in [0.15, 0.2) is 0 Å². The van der Waals surface area contributed by atoms with Gasteiger partial charge in [-0.25, -0.2) is 5.06 Å². The Bertz CT molecular complexity index is 246. The summed E-state index contributed by atoms with van der Waals surface area (Å²) in [6.45, 7) is 2.28. The molecule has 0 aliphatic carbocycles. The van der Waals surface area contributed by atoms with Crippen molar-refractivity contribution in [1.29, 1.82) is 5.41 Å². The number of amidine groups is 1. The Morgan fingerprint density at radius 2 is 2.06 bits per heavy atom. The summed E-state index contributed by atoms with van der Waals surface area (Å²) >= 11 is 0. The number of nitrogens with one attached hydrogen (secondary N) is 1. The van der Waals surface area contributed by atoms with Crippen LogP contribution >= 0.6 is 0 Å². The Hall–Kier alpha value is -1.14. The van der Waals surface area contributed by atoms with Crippen molar-refractivity contribution in [2.75, 3.05) is 27.4 Å². The van der Waals surface area contributed by atoms with Gasteiger partial charge in [-0.2, -0.15) is 0 Å². The van der Waals surface area contributed by atoms with Crippen molar-refractivity contribution >= 4 is 11.8 Å². The number of esters is 1. The zero-order chi connectivity index (χ0) is 13.3. The molecule has 0 radical (unpaired) electrons. The van der Waals surface area contributed by atoms with Gasteiger partial charge in [-0.05, 0) is 12.8 Å². The Kier molecular flexibility index (Phi) is 8.35. The van der Waals surface area contributed by atoms with Gasteiger partial charge in [0, 0.05) is 13.7 Å². The molecule has 0 unspecified atom stereocenters. The van der Waals surface area contributed by atoms with Crippen LogP contribution in [0.3, 0.4) is 0 Å². The molecule has 0 heterocycles. The third kappa shape index (κ3) is 6.91. The fraction of sp³-hybridized carbons (Fsp3) is 0.818. The summed E-state index contributed by atoms with van der Waals surface area (Å²) < 4.78 is 9.34. The molecule has 0 aliphatic heterocycles. The Balaban J connectivity index is 3.64. The smallest absolute Gasteiger partial charge is 0.308 e. The van der Waals surface area contributed by atoms with E-state index in [1.54, 1.807) is 0 Å². The zero-order valence-electron chi connectivity index (χ0n) is 10.7. The number of carbonyl (C=O) groups excluding carboxylic acids is 1. The average Bonchev–Trinajstić information content (AvgIpc) is 2.33. The molecule has 0 rings (SSSR count). The minimum Gasteiger partial charge on any atom is -0.469 e. The summed E-state index contributed by atoms with van der Waals surface area (Å²) in [5.41, 5.74) is 0. The first kappa shape index (κ1) is 15.9. The van der Waals surface area contributed by atoms with E-state index in [4.69, 9.17) is 10.1 Å². The second-order valence-corrected chi connectivity index (χ2v) is 3.92. The fourth-order valence-corrected chi connectivity index (χ4v) is 1.38. The van der Waals surface area contributed by atoms with Crippen LogP contribution in [-0.4, -0.2) is 49.4 Å². The van der Waals surface area contributed by atoms with Gasteiger partial charge in [-0.1, -0.05) is 13.3 Å². The van der Waals surface area contributed by atoms with Gasteiger partial charge in [0.2, 0.25) is 0 Å². The van der Waals surface area contributed by atoms with Crippen molar-refractivity contribution in [1.82, 2.24) is 5.06 Å². The summed E-state index contributed by atoms with van der Waals surface area (Å²) in [5, 5.41) is 17.7. The highest BCUT2D eigenvalue weighted by atomic mass is 16.5. The minimum absolute atomic E-state index is 0.0357. The van der Waals surface area contributed by atoms with Gasteiger partial charge in [0.15, 0.2) is 0 Å². The summed E-state index contributed by atoms with van der Waals surface area (Å²) in [7, 11) is 2.85. The van der Waals surface area contributed by atoms with Crippen molar-refractivity contribution in [3.8, 4) is 0 Å². The normalized spacial score (nSPS) is 12.0. The standard InChI is InChI=1S/C11H22N2O4/c1-9(11(14)17-3)6-4-5-7-13(15)10(12)8-16-2/h9,12,15H,4-8H2,1-3H3/t9-/m0/s1. The molecule has 0 spiro atoms. The number of rotatable bonds is 8. The molecule has 17 heavy (non-hydrogen) atoms. The van der Waals surface area contributed by atoms with Crippen molar-refractivity contribution in [2.24, 2.45) is 5.92 Å². The number of ether oxygens (including phenoxy) is 2. The average molecular weight is 246 g/mol. The molecule has 0 fully saturated rings. The van der Waals surface area contributed by atoms with Crippen LogP contribution in [0.2, 0.25) is 0 Å². The van der Waals surface area contributed by atoms with Crippen molar-refractivity contribution in [3.63, 3.8) is 0 Å². The zero-order valence-corrected chi connectivity index (χ0v) is 10.7. The van der Waals surface area contributed by atoms with E-state index in [9.17, 15) is 10.0 Å². The van der Waals surface area contributed by atoms with Crippen molar-refractivity contribution < 1.29 is 19.5 Å². The van der Waals surface area contributed by atoms with Crippen LogP contribution in [0.5, 0.6) is 0 Å². The Labute approximate surface area is 102 Å². The molecule has 0 amide bonds. The molecule has 0 aromatic carbocycles. The van der Waals surface area contributed by atoms with Crippen LogP contribution < -0.4 is 0 Å². The van der Waals surface area contributed by atoms with Gasteiger partial charge in [-0.3, -0.25) is 15.4 Å². The largest absolute Gasteiger partial charge is 0.469 e. The van der Waals surface area contributed by atoms with Crippen LogP contribution in [0, 0.1) is 11.3 Å². The van der Waals surface area contributed by atoms with Crippen LogP contribution in [0.4, 0.5) is 0 Å². The number of nitrogens with zero attached hydrogens (tertiary/aromatic N) is 1. The third-order valence-electron chi connectivity index (χ3n) is 2.45. The molecular formula is C11H22N2O4. The highest BCUT2D eigenvalue weighted by Crippen LogP contribution is 2.09. The van der Waals surface area contributed by atoms with E-state index in [0.717, 1.165) is 17.9 Å². The number of hydrogen-bond donors (Lipinski definition) is 2. The lowest BCUT2D eigenvalue weighted by Crippen LogP contribution is -2.31. The van der Waals surface area contributed by atoms with Gasteiger partial charge >= 0.3 is 5.97 Å². The van der Waals surface area contributed by atoms with Gasteiger partial charge < -0.3 is 9.47 Å². The van der Waals surface area contributed by atoms with Gasteiger partial charge in [0.25, 0.3) is 0 Å². The number of hydroxylamine groups is 2. The van der Waals surface area contributed by atoms with Crippen molar-refractivity contribution in [3.05, 3.63) is 0 Å². The molecular weight excluding hydrogens is 224 g/mol. The van der Waals surface area contributed by atoms with E-state index in [0.29, 0.717) is 13.0 Å². The first-order chi connectivity index (χ1) is 8.02. The molecule has 1 atom stereocenters. The Morgan fingerprint density at radius 3 is 2.59 bits per heavy atom. The molecule has 0 saturated carbocycles. The molecule has 0 aromatic heterocycles. The predicted octanol–water partition coefficient (Wildman–Crippen LogP) is 1.28. The molecule has 2 N–H and O–H groups in total. The highest BCUT2D eigenvalue weighted by Gasteiger charge is 2.12. The molecule has 0 aliphatic rings. The van der Waals surface area contributed by atoms with E-state index in [2.05, 4.69) is 4.74 Å². The van der Waals surface area contributed by atoms with E-state index < -0.39 is 0 Å². The SMILES string of the molecule is COCC(=N)N(O)CCCC[C@H](C)C(=O)OC. The number of hydrogen-bond acceptors (Lipinski definition) is 5. The summed E-state index contributed by atoms with van der Waals surface area (Å²) in [5.74, 6) is -0.294. The maximum absolute atomic E-state index is 11.1. The quantitative estimate of drug-likeness (QED) is 0.222. The van der Waals surface area contributed by atoms with Crippen LogP contribution in [0.25, 0.3) is 0 Å². The van der Waals surface area contributed by atoms with E-state index >= 15 is 0 Å². The van der Waals surface area contributed by atoms with Gasteiger partial charge in [0.1, 0.15) is 12.4 Å². The summed E-state index contributed by atoms with van der Waals surface area (Å²) in [6, 6.07) is 0. The maximum Gasteiger partial charge on any atom is 0.308 e. The van der Waals surface area contributed by atoms with Gasteiger partial charge in [-0.15, -0.1) is 0 Å². The minimum atomic E-state index is -0.210. The van der Waals surface area contributed by atoms with E-state index in [1.165, 1.54) is 14.2 Å². The second-order valence-electron chi connectivity index (χ2n) is 3.92. The first-order valence-corrected chi connectivity index (χ1v) is 5.63. The lowest BCUT2D eigenvalue weighted by Gasteiger charge is -2.17. The predicted molar refractivity (Wildman–Crippen MR) is 63.1 cm³/mol. The van der Waals surface area contributed by atoms with E-state index in [1.807, 2.05) is 6.92 Å². The molecule has 0 aromatic rings. The molecule has 100 valence electrons. The monoisotopic (exact) mass is 246 g/mol. The molecule has 0 bridgehead atoms. The lowest BCUT2D eigenvalue weighted by molar-refractivity contribution is -0.145. The fourth-order valence-electron chi connectivity index (χ4n) is 1.38. The molecule has 0 saturated heterocycles. The van der Waals surface area contributed by atoms with E-state index in [-0.39, 0.29) is 24.3 Å². The van der Waals surface area contributed by atoms with Gasteiger partial charge in [0.05, 0.1) is 13.0 Å². The number of carbonyl (C=O) groups is 1. The summed E-state index contributed by atoms with van der Waals surface area (Å²) in [4.78, 5) is 11.1. The first-order valence-electron chi connectivity index (χ1n) is 5.63. The maximum atomic E-state index is 11.1. The second kappa shape index (κ2) is 8.95. The Morgan fingerprint density at radius 1 is 1.41 bits per heavy atom. The number of methoxy groups -OCH3 is 2.